The second-order valence-corrected chi connectivity index (χ2v) is 2.33. The molecule has 0 aromatic heterocycles. The summed E-state index contributed by atoms with van der Waals surface area (Å²) in [6, 6.07) is 8.72. The molecule has 66 valence electrons. The summed E-state index contributed by atoms with van der Waals surface area (Å²) in [5.74, 6) is 4.99. The number of hydrogen-bond acceptors (Lipinski definition) is 3. The number of hydrogen-bond donors (Lipinski definition) is 4. The van der Waals surface area contributed by atoms with Crippen LogP contribution in [-0.2, 0) is 0 Å². The Labute approximate surface area is 75.6 Å². The lowest BCUT2D eigenvalue weighted by atomic mass is 10.2. The fourth-order valence-electron chi connectivity index (χ4n) is 0.809. The van der Waals surface area contributed by atoms with E-state index in [4.69, 9.17) is 16.5 Å². The van der Waals surface area contributed by atoms with Crippen LogP contribution in [0.25, 0.3) is 0 Å². The highest BCUT2D eigenvalue weighted by molar-refractivity contribution is 5.90. The lowest BCUT2D eigenvalue weighted by Crippen LogP contribution is -2.35. The van der Waals surface area contributed by atoms with E-state index in [1.165, 1.54) is 0 Å². The van der Waals surface area contributed by atoms with Crippen molar-refractivity contribution in [1.29, 1.82) is 10.7 Å². The van der Waals surface area contributed by atoms with Crippen molar-refractivity contribution in [2.24, 2.45) is 5.84 Å². The number of benzene rings is 1. The quantitative estimate of drug-likeness (QED) is 0.214. The van der Waals surface area contributed by atoms with Gasteiger partial charge in [0, 0.05) is 5.69 Å². The Morgan fingerprint density at radius 1 is 1.38 bits per heavy atom. The molecule has 1 rings (SSSR count). The van der Waals surface area contributed by atoms with E-state index in [1.807, 2.05) is 6.07 Å². The second-order valence-electron chi connectivity index (χ2n) is 2.33. The van der Waals surface area contributed by atoms with Gasteiger partial charge >= 0.3 is 0 Å². The molecule has 5 nitrogen and oxygen atoms in total. The minimum absolute atomic E-state index is 0.00436. The maximum Gasteiger partial charge on any atom is 0.207 e. The van der Waals surface area contributed by atoms with Crippen LogP contribution in [0.5, 0.6) is 0 Å². The van der Waals surface area contributed by atoms with Crippen LogP contribution in [0.4, 0.5) is 5.69 Å². The fourth-order valence-corrected chi connectivity index (χ4v) is 0.809. The molecule has 0 saturated heterocycles. The normalized spacial score (nSPS) is 8.62. The maximum absolute atomic E-state index is 8.51. The Bertz CT molecular complexity index is 335. The van der Waals surface area contributed by atoms with Crippen LogP contribution < -0.4 is 16.6 Å². The van der Waals surface area contributed by atoms with Crippen LogP contribution in [0.3, 0.4) is 0 Å². The topological polar surface area (TPSA) is 97.7 Å². The average Bonchev–Trinajstić information content (AvgIpc) is 2.19. The molecule has 0 heterocycles. The van der Waals surface area contributed by atoms with Gasteiger partial charge in [-0.1, -0.05) is 0 Å². The molecule has 0 fully saturated rings. The Balaban J connectivity index is 2.71. The zero-order chi connectivity index (χ0) is 9.68. The van der Waals surface area contributed by atoms with Crippen molar-refractivity contribution in [2.45, 2.75) is 0 Å². The summed E-state index contributed by atoms with van der Waals surface area (Å²) < 4.78 is 0. The molecule has 0 amide bonds. The number of nitrogens with two attached hydrogens (primary N) is 1. The molecule has 0 bridgehead atoms. The molecule has 0 unspecified atom stereocenters. The molecule has 0 aliphatic carbocycles. The van der Waals surface area contributed by atoms with Crippen LogP contribution >= 0.6 is 0 Å². The summed E-state index contributed by atoms with van der Waals surface area (Å²) in [4.78, 5) is 0. The molecular weight excluding hydrogens is 166 g/mol. The molecule has 0 aliphatic heterocycles. The van der Waals surface area contributed by atoms with Gasteiger partial charge in [0.1, 0.15) is 0 Å². The van der Waals surface area contributed by atoms with Gasteiger partial charge in [-0.25, -0.2) is 5.84 Å². The zero-order valence-corrected chi connectivity index (χ0v) is 6.83. The van der Waals surface area contributed by atoms with Crippen LogP contribution in [-0.4, -0.2) is 5.96 Å². The fraction of sp³-hybridized carbons (Fsp3) is 0. The number of guanidine groups is 1. The first-order valence-corrected chi connectivity index (χ1v) is 3.58. The Morgan fingerprint density at radius 2 is 2.00 bits per heavy atom. The van der Waals surface area contributed by atoms with E-state index >= 15 is 0 Å². The smallest absolute Gasteiger partial charge is 0.207 e. The zero-order valence-electron chi connectivity index (χ0n) is 6.83. The van der Waals surface area contributed by atoms with Gasteiger partial charge in [0.05, 0.1) is 11.6 Å². The van der Waals surface area contributed by atoms with Gasteiger partial charge in [0.25, 0.3) is 0 Å². The summed E-state index contributed by atoms with van der Waals surface area (Å²) in [6.07, 6.45) is 0. The van der Waals surface area contributed by atoms with Gasteiger partial charge in [-0.15, -0.1) is 0 Å². The van der Waals surface area contributed by atoms with Gasteiger partial charge in [-0.2, -0.15) is 5.26 Å². The van der Waals surface area contributed by atoms with E-state index in [9.17, 15) is 0 Å². The summed E-state index contributed by atoms with van der Waals surface area (Å²) in [5, 5.41) is 18.4. The third-order valence-electron chi connectivity index (χ3n) is 1.43. The number of nitrogens with one attached hydrogen (secondary N) is 3. The maximum atomic E-state index is 8.51. The molecule has 0 radical (unpaired) electrons. The summed E-state index contributed by atoms with van der Waals surface area (Å²) in [5.41, 5.74) is 3.44. The molecule has 1 aromatic rings. The monoisotopic (exact) mass is 175 g/mol. The molecule has 13 heavy (non-hydrogen) atoms. The van der Waals surface area contributed by atoms with Gasteiger partial charge in [-0.3, -0.25) is 10.8 Å². The Morgan fingerprint density at radius 3 is 2.46 bits per heavy atom. The highest BCUT2D eigenvalue weighted by Gasteiger charge is 1.94. The SMILES string of the molecule is N#Cc1ccc(NC(=N)NN)cc1. The number of nitrogens with zero attached hydrogens (tertiary/aromatic N) is 1. The van der Waals surface area contributed by atoms with Gasteiger partial charge in [0.2, 0.25) is 5.96 Å². The largest absolute Gasteiger partial charge is 0.325 e. The standard InChI is InChI=1S/C8H9N5/c9-5-6-1-3-7(4-2-6)12-8(10)13-11/h1-4H,11H2,(H3,10,12,13). The predicted octanol–water partition coefficient (Wildman–Crippen LogP) is 0.368. The van der Waals surface area contributed by atoms with E-state index in [2.05, 4.69) is 10.7 Å². The third kappa shape index (κ3) is 2.47. The number of rotatable bonds is 1. The van der Waals surface area contributed by atoms with Crippen LogP contribution in [0.15, 0.2) is 24.3 Å². The van der Waals surface area contributed by atoms with Crippen LogP contribution in [0.2, 0.25) is 0 Å². The van der Waals surface area contributed by atoms with E-state index in [0.717, 1.165) is 0 Å². The number of anilines is 1. The van der Waals surface area contributed by atoms with Crippen molar-refractivity contribution < 1.29 is 0 Å². The third-order valence-corrected chi connectivity index (χ3v) is 1.43. The molecule has 5 heteroatoms. The Kier molecular flexibility index (Phi) is 2.84. The van der Waals surface area contributed by atoms with Gasteiger partial charge < -0.3 is 5.32 Å². The van der Waals surface area contributed by atoms with Gasteiger partial charge in [-0.05, 0) is 24.3 Å². The minimum Gasteiger partial charge on any atom is -0.325 e. The van der Waals surface area contributed by atoms with Crippen molar-refractivity contribution in [3.8, 4) is 6.07 Å². The van der Waals surface area contributed by atoms with Crippen molar-refractivity contribution in [3.05, 3.63) is 29.8 Å². The van der Waals surface area contributed by atoms with Crippen molar-refractivity contribution in [1.82, 2.24) is 5.43 Å². The van der Waals surface area contributed by atoms with E-state index in [-0.39, 0.29) is 5.96 Å². The van der Waals surface area contributed by atoms with E-state index < -0.39 is 0 Å². The lowest BCUT2D eigenvalue weighted by molar-refractivity contribution is 1.01. The second kappa shape index (κ2) is 4.09. The summed E-state index contributed by atoms with van der Waals surface area (Å²) >= 11 is 0. The first kappa shape index (κ1) is 9.03. The number of nitriles is 1. The van der Waals surface area contributed by atoms with Gasteiger partial charge in [0.15, 0.2) is 0 Å². The Hall–Kier alpha value is -2.06. The van der Waals surface area contributed by atoms with E-state index in [1.54, 1.807) is 24.3 Å². The predicted molar refractivity (Wildman–Crippen MR) is 49.8 cm³/mol. The first-order valence-electron chi connectivity index (χ1n) is 3.58. The summed E-state index contributed by atoms with van der Waals surface area (Å²) in [6.45, 7) is 0. The molecule has 5 N–H and O–H groups in total. The first-order chi connectivity index (χ1) is 6.26. The molecule has 0 atom stereocenters. The van der Waals surface area contributed by atoms with E-state index in [0.29, 0.717) is 11.3 Å². The molecule has 1 aromatic carbocycles. The average molecular weight is 175 g/mol. The van der Waals surface area contributed by atoms with Crippen molar-refractivity contribution in [3.63, 3.8) is 0 Å². The highest BCUT2D eigenvalue weighted by Crippen LogP contribution is 2.07. The van der Waals surface area contributed by atoms with Crippen LogP contribution in [0, 0.1) is 16.7 Å². The molecule has 0 aliphatic rings. The van der Waals surface area contributed by atoms with Crippen molar-refractivity contribution >= 4 is 11.6 Å². The number of hydrazine groups is 1. The molecular formula is C8H9N5. The highest BCUT2D eigenvalue weighted by atomic mass is 15.3. The molecule has 0 saturated carbocycles. The van der Waals surface area contributed by atoms with Crippen molar-refractivity contribution in [2.75, 3.05) is 5.32 Å². The minimum atomic E-state index is 0.00436. The summed E-state index contributed by atoms with van der Waals surface area (Å²) in [7, 11) is 0. The van der Waals surface area contributed by atoms with Crippen LogP contribution in [0.1, 0.15) is 5.56 Å². The lowest BCUT2D eigenvalue weighted by Gasteiger charge is -2.05. The molecule has 0 spiro atoms.